The van der Waals surface area contributed by atoms with E-state index in [1.807, 2.05) is 16.7 Å². The van der Waals surface area contributed by atoms with Crippen molar-refractivity contribution in [3.63, 3.8) is 0 Å². The van der Waals surface area contributed by atoms with Crippen LogP contribution in [0.1, 0.15) is 28.8 Å². The van der Waals surface area contributed by atoms with Gasteiger partial charge in [-0.3, -0.25) is 14.6 Å². The van der Waals surface area contributed by atoms with E-state index in [-0.39, 0.29) is 17.1 Å². The summed E-state index contributed by atoms with van der Waals surface area (Å²) in [6.45, 7) is 4.84. The molecule has 3 aromatic heterocycles. The summed E-state index contributed by atoms with van der Waals surface area (Å²) in [6.07, 6.45) is 9.22. The maximum atomic E-state index is 13.0. The lowest BCUT2D eigenvalue weighted by molar-refractivity contribution is -0.118. The summed E-state index contributed by atoms with van der Waals surface area (Å²) in [7, 11) is 0. The molecule has 6 nitrogen and oxygen atoms in total. The second-order valence-corrected chi connectivity index (χ2v) is 8.94. The normalized spacial score (nSPS) is 13.2. The van der Waals surface area contributed by atoms with Gasteiger partial charge in [0.2, 0.25) is 11.3 Å². The molecule has 29 heavy (non-hydrogen) atoms. The number of hydrogen-bond donors (Lipinski definition) is 1. The van der Waals surface area contributed by atoms with Crippen molar-refractivity contribution in [2.45, 2.75) is 43.9 Å². The molecule has 0 radical (unpaired) electrons. The lowest BCUT2D eigenvalue weighted by atomic mass is 9.98. The smallest absolute Gasteiger partial charge is 0.230 e. The maximum absolute atomic E-state index is 13.0. The van der Waals surface area contributed by atoms with Crippen molar-refractivity contribution in [2.24, 2.45) is 0 Å². The van der Waals surface area contributed by atoms with Crippen LogP contribution in [0.4, 0.5) is 0 Å². The van der Waals surface area contributed by atoms with Crippen LogP contribution in [-0.4, -0.2) is 26.2 Å². The average Bonchev–Trinajstić information content (AvgIpc) is 3.10. The van der Waals surface area contributed by atoms with Crippen LogP contribution in [0.2, 0.25) is 0 Å². The molecule has 3 aromatic rings. The number of rotatable bonds is 7. The largest absolute Gasteiger partial charge is 0.351 e. The average molecular weight is 427 g/mol. The van der Waals surface area contributed by atoms with Gasteiger partial charge in [-0.05, 0) is 37.3 Å². The van der Waals surface area contributed by atoms with Crippen molar-refractivity contribution in [1.82, 2.24) is 19.9 Å². The number of amides is 1. The maximum Gasteiger partial charge on any atom is 0.230 e. The molecule has 0 spiro atoms. The molecule has 0 unspecified atom stereocenters. The minimum Gasteiger partial charge on any atom is -0.351 e. The van der Waals surface area contributed by atoms with E-state index in [0.717, 1.165) is 41.6 Å². The van der Waals surface area contributed by atoms with Crippen LogP contribution in [-0.2, 0) is 30.7 Å². The second kappa shape index (κ2) is 8.92. The number of allylic oxidation sites excluding steroid dienone is 1. The van der Waals surface area contributed by atoms with E-state index in [0.29, 0.717) is 23.8 Å². The van der Waals surface area contributed by atoms with Gasteiger partial charge in [0.05, 0.1) is 5.75 Å². The molecular formula is C21H22N4O2S2. The molecule has 0 aliphatic heterocycles. The van der Waals surface area contributed by atoms with Gasteiger partial charge in [0.1, 0.15) is 10.3 Å². The zero-order valence-corrected chi connectivity index (χ0v) is 17.7. The number of thioether (sulfide) groups is 1. The highest BCUT2D eigenvalue weighted by atomic mass is 32.2. The number of carbonyl (C=O) groups excluding carboxylic acids is 1. The number of carbonyl (C=O) groups is 1. The molecule has 0 aromatic carbocycles. The molecule has 0 atom stereocenters. The summed E-state index contributed by atoms with van der Waals surface area (Å²) >= 11 is 3.02. The van der Waals surface area contributed by atoms with Crippen LogP contribution in [0, 0.1) is 0 Å². The first kappa shape index (κ1) is 19.8. The molecule has 1 amide bonds. The molecule has 150 valence electrons. The first-order valence-electron chi connectivity index (χ1n) is 9.61. The van der Waals surface area contributed by atoms with Gasteiger partial charge in [0.15, 0.2) is 5.16 Å². The molecule has 1 aliphatic carbocycles. The zero-order chi connectivity index (χ0) is 20.2. The van der Waals surface area contributed by atoms with Crippen molar-refractivity contribution in [3.05, 3.63) is 63.4 Å². The molecule has 0 bridgehead atoms. The van der Waals surface area contributed by atoms with Crippen LogP contribution in [0.25, 0.3) is 10.3 Å². The van der Waals surface area contributed by atoms with E-state index in [9.17, 15) is 9.59 Å². The molecule has 0 saturated carbocycles. The van der Waals surface area contributed by atoms with Gasteiger partial charge in [0.25, 0.3) is 0 Å². The third-order valence-electron chi connectivity index (χ3n) is 4.87. The number of aromatic nitrogens is 3. The van der Waals surface area contributed by atoms with E-state index in [4.69, 9.17) is 0 Å². The van der Waals surface area contributed by atoms with Crippen molar-refractivity contribution >= 4 is 39.4 Å². The van der Waals surface area contributed by atoms with Gasteiger partial charge in [-0.15, -0.1) is 17.9 Å². The first-order valence-corrected chi connectivity index (χ1v) is 11.4. The SMILES string of the molecule is C=CCn1c(SCC(=O)NCc2cccnc2)nc2c(=O)c3c(sc21)CCCC3. The predicted octanol–water partition coefficient (Wildman–Crippen LogP) is 3.33. The number of hydrogen-bond acceptors (Lipinski definition) is 6. The van der Waals surface area contributed by atoms with E-state index in [1.54, 1.807) is 29.8 Å². The lowest BCUT2D eigenvalue weighted by Gasteiger charge is -2.14. The molecule has 0 fully saturated rings. The van der Waals surface area contributed by atoms with E-state index >= 15 is 0 Å². The number of nitrogens with one attached hydrogen (secondary N) is 1. The highest BCUT2D eigenvalue weighted by molar-refractivity contribution is 7.99. The Bertz CT molecular complexity index is 1110. The molecule has 1 N–H and O–H groups in total. The Morgan fingerprint density at radius 1 is 1.38 bits per heavy atom. The Balaban J connectivity index is 1.54. The number of aryl methyl sites for hydroxylation is 1. The van der Waals surface area contributed by atoms with E-state index in [1.165, 1.54) is 16.6 Å². The number of imidazole rings is 1. The van der Waals surface area contributed by atoms with Crippen LogP contribution >= 0.6 is 23.1 Å². The van der Waals surface area contributed by atoms with Crippen molar-refractivity contribution in [3.8, 4) is 0 Å². The van der Waals surface area contributed by atoms with Crippen LogP contribution in [0.5, 0.6) is 0 Å². The molecule has 0 saturated heterocycles. The van der Waals surface area contributed by atoms with Crippen molar-refractivity contribution < 1.29 is 4.79 Å². The summed E-state index contributed by atoms with van der Waals surface area (Å²) in [5, 5.41) is 3.58. The quantitative estimate of drug-likeness (QED) is 0.463. The van der Waals surface area contributed by atoms with Crippen LogP contribution < -0.4 is 10.7 Å². The highest BCUT2D eigenvalue weighted by Gasteiger charge is 2.21. The molecule has 1 aliphatic rings. The Kier molecular flexibility index (Phi) is 6.10. The third kappa shape index (κ3) is 4.28. The third-order valence-corrected chi connectivity index (χ3v) is 7.15. The van der Waals surface area contributed by atoms with Crippen molar-refractivity contribution in [2.75, 3.05) is 5.75 Å². The molecule has 4 rings (SSSR count). The van der Waals surface area contributed by atoms with Crippen LogP contribution in [0.15, 0.2) is 47.1 Å². The van der Waals surface area contributed by atoms with Gasteiger partial charge in [0, 0.05) is 35.9 Å². The topological polar surface area (TPSA) is 76.9 Å². The highest BCUT2D eigenvalue weighted by Crippen LogP contribution is 2.31. The van der Waals surface area contributed by atoms with Gasteiger partial charge >= 0.3 is 0 Å². The Morgan fingerprint density at radius 3 is 3.03 bits per heavy atom. The van der Waals surface area contributed by atoms with E-state index < -0.39 is 0 Å². The fourth-order valence-electron chi connectivity index (χ4n) is 3.44. The lowest BCUT2D eigenvalue weighted by Crippen LogP contribution is -2.24. The minimum atomic E-state index is -0.0821. The summed E-state index contributed by atoms with van der Waals surface area (Å²) < 4.78 is 2.00. The van der Waals surface area contributed by atoms with Gasteiger partial charge < -0.3 is 9.88 Å². The first-order chi connectivity index (χ1) is 14.2. The molecule has 8 heteroatoms. The summed E-state index contributed by atoms with van der Waals surface area (Å²) in [6, 6.07) is 3.76. The minimum absolute atomic E-state index is 0.0548. The summed E-state index contributed by atoms with van der Waals surface area (Å²) in [4.78, 5) is 36.0. The molecular weight excluding hydrogens is 404 g/mol. The Hall–Kier alpha value is -2.45. The standard InChI is InChI=1S/C21H22N4O2S2/c1-2-10-25-20-18(19(27)15-7-3-4-8-16(15)29-20)24-21(25)28-13-17(26)23-12-14-6-5-9-22-11-14/h2,5-6,9,11H,1,3-4,7-8,10,12-13H2,(H,23,26). The Labute approximate surface area is 177 Å². The van der Waals surface area contributed by atoms with Gasteiger partial charge in [-0.25, -0.2) is 4.98 Å². The van der Waals surface area contributed by atoms with Gasteiger partial charge in [-0.1, -0.05) is 23.9 Å². The van der Waals surface area contributed by atoms with Gasteiger partial charge in [-0.2, -0.15) is 0 Å². The summed E-state index contributed by atoms with van der Waals surface area (Å²) in [5.41, 5.74) is 2.46. The number of pyridine rings is 1. The fourth-order valence-corrected chi connectivity index (χ4v) is 5.65. The molecule has 3 heterocycles. The second-order valence-electron chi connectivity index (χ2n) is 6.91. The van der Waals surface area contributed by atoms with Crippen LogP contribution in [0.3, 0.4) is 0 Å². The zero-order valence-electron chi connectivity index (χ0n) is 16.0. The van der Waals surface area contributed by atoms with Crippen molar-refractivity contribution in [1.29, 1.82) is 0 Å². The number of fused-ring (bicyclic) bond motifs is 2. The fraction of sp³-hybridized carbons (Fsp3) is 0.333. The summed E-state index contributed by atoms with van der Waals surface area (Å²) in [5.74, 6) is 0.153. The monoisotopic (exact) mass is 426 g/mol. The predicted molar refractivity (Wildman–Crippen MR) is 118 cm³/mol. The Morgan fingerprint density at radius 2 is 2.24 bits per heavy atom. The number of nitrogens with zero attached hydrogens (tertiary/aromatic N) is 3. The van der Waals surface area contributed by atoms with E-state index in [2.05, 4.69) is 21.9 Å².